The number of aromatic carboxylic acids is 1. The Kier molecular flexibility index (Phi) is 6.80. The maximum atomic E-state index is 13.2. The summed E-state index contributed by atoms with van der Waals surface area (Å²) in [5.41, 5.74) is -0.244. The van der Waals surface area contributed by atoms with E-state index in [1.165, 1.54) is 37.8 Å². The van der Waals surface area contributed by atoms with Gasteiger partial charge >= 0.3 is 5.97 Å². The zero-order chi connectivity index (χ0) is 13.4. The standard InChI is InChI=1S/C14H19FO2S/c1-2-3-4-5-6-9-18-11-7-8-13(15)12(10-11)14(16)17/h7-8,10H,2-6,9H2,1H3,(H,16,17). The number of carboxylic acids is 1. The zero-order valence-corrected chi connectivity index (χ0v) is 11.4. The minimum atomic E-state index is -1.21. The van der Waals surface area contributed by atoms with Crippen LogP contribution < -0.4 is 0 Å². The molecule has 0 radical (unpaired) electrons. The number of carbonyl (C=O) groups is 1. The predicted octanol–water partition coefficient (Wildman–Crippen LogP) is 4.59. The molecule has 0 aliphatic rings. The average Bonchev–Trinajstić information content (AvgIpc) is 2.35. The van der Waals surface area contributed by atoms with Crippen molar-refractivity contribution in [3.63, 3.8) is 0 Å². The molecule has 0 fully saturated rings. The van der Waals surface area contributed by atoms with Crippen molar-refractivity contribution in [1.82, 2.24) is 0 Å². The molecule has 0 bridgehead atoms. The third-order valence-corrected chi connectivity index (χ3v) is 3.76. The lowest BCUT2D eigenvalue weighted by atomic mass is 10.2. The van der Waals surface area contributed by atoms with Crippen LogP contribution >= 0.6 is 11.8 Å². The minimum absolute atomic E-state index is 0.244. The van der Waals surface area contributed by atoms with Crippen LogP contribution in [0.3, 0.4) is 0 Å². The second kappa shape index (κ2) is 8.14. The van der Waals surface area contributed by atoms with Gasteiger partial charge in [0.25, 0.3) is 0 Å². The Morgan fingerprint density at radius 1 is 1.28 bits per heavy atom. The molecule has 0 atom stereocenters. The SMILES string of the molecule is CCCCCCCSc1ccc(F)c(C(=O)O)c1. The van der Waals surface area contributed by atoms with Gasteiger partial charge in [-0.2, -0.15) is 0 Å². The molecular formula is C14H19FO2S. The predicted molar refractivity (Wildman–Crippen MR) is 72.8 cm³/mol. The first kappa shape index (κ1) is 15.0. The van der Waals surface area contributed by atoms with E-state index < -0.39 is 11.8 Å². The Labute approximate surface area is 112 Å². The molecule has 0 spiro atoms. The molecule has 0 saturated carbocycles. The fourth-order valence-electron chi connectivity index (χ4n) is 1.65. The van der Waals surface area contributed by atoms with E-state index in [1.54, 1.807) is 17.8 Å². The average molecular weight is 270 g/mol. The van der Waals surface area contributed by atoms with Crippen molar-refractivity contribution in [2.24, 2.45) is 0 Å². The molecule has 0 aliphatic heterocycles. The van der Waals surface area contributed by atoms with Gasteiger partial charge in [0.05, 0.1) is 5.56 Å². The van der Waals surface area contributed by atoms with E-state index in [2.05, 4.69) is 6.92 Å². The number of hydrogen-bond donors (Lipinski definition) is 1. The van der Waals surface area contributed by atoms with Gasteiger partial charge in [-0.25, -0.2) is 9.18 Å². The zero-order valence-electron chi connectivity index (χ0n) is 10.6. The lowest BCUT2D eigenvalue weighted by molar-refractivity contribution is 0.0691. The highest BCUT2D eigenvalue weighted by Gasteiger charge is 2.10. The normalized spacial score (nSPS) is 10.6. The van der Waals surface area contributed by atoms with Gasteiger partial charge in [0, 0.05) is 4.90 Å². The van der Waals surface area contributed by atoms with E-state index in [0.29, 0.717) is 0 Å². The van der Waals surface area contributed by atoms with E-state index in [4.69, 9.17) is 5.11 Å². The van der Waals surface area contributed by atoms with Crippen LogP contribution in [-0.4, -0.2) is 16.8 Å². The quantitative estimate of drug-likeness (QED) is 0.554. The van der Waals surface area contributed by atoms with Gasteiger partial charge in [-0.15, -0.1) is 11.8 Å². The van der Waals surface area contributed by atoms with E-state index in [1.807, 2.05) is 0 Å². The summed E-state index contributed by atoms with van der Waals surface area (Å²) in [6.07, 6.45) is 6.07. The van der Waals surface area contributed by atoms with Gasteiger partial charge in [0.1, 0.15) is 5.82 Å². The molecule has 0 unspecified atom stereocenters. The van der Waals surface area contributed by atoms with Crippen molar-refractivity contribution < 1.29 is 14.3 Å². The molecule has 4 heteroatoms. The summed E-state index contributed by atoms with van der Waals surface area (Å²) in [5.74, 6) is -0.929. The third-order valence-electron chi connectivity index (χ3n) is 2.68. The number of halogens is 1. The van der Waals surface area contributed by atoms with Crippen molar-refractivity contribution in [3.8, 4) is 0 Å². The summed E-state index contributed by atoms with van der Waals surface area (Å²) >= 11 is 1.59. The van der Waals surface area contributed by atoms with Crippen LogP contribution in [-0.2, 0) is 0 Å². The molecule has 100 valence electrons. The molecule has 0 aliphatic carbocycles. The Morgan fingerprint density at radius 3 is 2.67 bits per heavy atom. The maximum absolute atomic E-state index is 13.2. The van der Waals surface area contributed by atoms with Crippen molar-refractivity contribution in [3.05, 3.63) is 29.6 Å². The van der Waals surface area contributed by atoms with Crippen molar-refractivity contribution >= 4 is 17.7 Å². The highest BCUT2D eigenvalue weighted by molar-refractivity contribution is 7.99. The number of benzene rings is 1. The summed E-state index contributed by atoms with van der Waals surface area (Å²) in [6, 6.07) is 4.27. The largest absolute Gasteiger partial charge is 0.478 e. The van der Waals surface area contributed by atoms with Gasteiger partial charge < -0.3 is 5.11 Å². The monoisotopic (exact) mass is 270 g/mol. The van der Waals surface area contributed by atoms with Gasteiger partial charge in [0.15, 0.2) is 0 Å². The number of carboxylic acid groups (broad SMARTS) is 1. The summed E-state index contributed by atoms with van der Waals surface area (Å²) in [6.45, 7) is 2.18. The molecule has 1 aromatic carbocycles. The summed E-state index contributed by atoms with van der Waals surface area (Å²) < 4.78 is 13.2. The molecule has 2 nitrogen and oxygen atoms in total. The van der Waals surface area contributed by atoms with Crippen molar-refractivity contribution in [1.29, 1.82) is 0 Å². The van der Waals surface area contributed by atoms with Crippen LogP contribution in [0.15, 0.2) is 23.1 Å². The summed E-state index contributed by atoms with van der Waals surface area (Å²) in [4.78, 5) is 11.6. The van der Waals surface area contributed by atoms with Crippen LogP contribution in [0.25, 0.3) is 0 Å². The smallest absolute Gasteiger partial charge is 0.338 e. The lowest BCUT2D eigenvalue weighted by Crippen LogP contribution is -2.00. The van der Waals surface area contributed by atoms with Gasteiger partial charge in [-0.3, -0.25) is 0 Å². The van der Waals surface area contributed by atoms with Crippen LogP contribution in [0.1, 0.15) is 49.4 Å². The highest BCUT2D eigenvalue weighted by atomic mass is 32.2. The van der Waals surface area contributed by atoms with E-state index >= 15 is 0 Å². The topological polar surface area (TPSA) is 37.3 Å². The van der Waals surface area contributed by atoms with Gasteiger partial charge in [0.2, 0.25) is 0 Å². The molecule has 1 N–H and O–H groups in total. The number of rotatable bonds is 8. The molecule has 0 aromatic heterocycles. The van der Waals surface area contributed by atoms with Crippen molar-refractivity contribution in [2.75, 3.05) is 5.75 Å². The van der Waals surface area contributed by atoms with E-state index in [9.17, 15) is 9.18 Å². The Hall–Kier alpha value is -1.03. The fraction of sp³-hybridized carbons (Fsp3) is 0.500. The molecule has 1 aromatic rings. The number of hydrogen-bond acceptors (Lipinski definition) is 2. The minimum Gasteiger partial charge on any atom is -0.478 e. The maximum Gasteiger partial charge on any atom is 0.338 e. The second-order valence-corrected chi connectivity index (χ2v) is 5.38. The molecular weight excluding hydrogens is 251 g/mol. The van der Waals surface area contributed by atoms with Gasteiger partial charge in [-0.05, 0) is 30.4 Å². The molecule has 1 rings (SSSR count). The van der Waals surface area contributed by atoms with Crippen LogP contribution in [0.4, 0.5) is 4.39 Å². The van der Waals surface area contributed by atoms with Gasteiger partial charge in [-0.1, -0.05) is 32.6 Å². The first-order valence-corrected chi connectivity index (χ1v) is 7.29. The van der Waals surface area contributed by atoms with Crippen LogP contribution in [0.2, 0.25) is 0 Å². The van der Waals surface area contributed by atoms with Crippen molar-refractivity contribution in [2.45, 2.75) is 43.9 Å². The summed E-state index contributed by atoms with van der Waals surface area (Å²) in [7, 11) is 0. The fourth-order valence-corrected chi connectivity index (χ4v) is 2.60. The highest BCUT2D eigenvalue weighted by Crippen LogP contribution is 2.22. The van der Waals surface area contributed by atoms with E-state index in [0.717, 1.165) is 17.1 Å². The lowest BCUT2D eigenvalue weighted by Gasteiger charge is -2.04. The third kappa shape index (κ3) is 5.08. The van der Waals surface area contributed by atoms with Crippen LogP contribution in [0.5, 0.6) is 0 Å². The summed E-state index contributed by atoms with van der Waals surface area (Å²) in [5, 5.41) is 8.81. The molecule has 0 saturated heterocycles. The first-order chi connectivity index (χ1) is 8.65. The molecule has 18 heavy (non-hydrogen) atoms. The Morgan fingerprint density at radius 2 is 2.00 bits per heavy atom. The Bertz CT molecular complexity index is 393. The first-order valence-electron chi connectivity index (χ1n) is 6.30. The van der Waals surface area contributed by atoms with Crippen LogP contribution in [0, 0.1) is 5.82 Å². The number of unbranched alkanes of at least 4 members (excludes halogenated alkanes) is 4. The molecule has 0 heterocycles. The van der Waals surface area contributed by atoms with E-state index in [-0.39, 0.29) is 5.56 Å². The second-order valence-electron chi connectivity index (χ2n) is 4.21. The Balaban J connectivity index is 2.38. The molecule has 0 amide bonds. The number of thioether (sulfide) groups is 1.